The summed E-state index contributed by atoms with van der Waals surface area (Å²) in [5.41, 5.74) is 1.63. The Labute approximate surface area is 171 Å². The predicted molar refractivity (Wildman–Crippen MR) is 111 cm³/mol. The van der Waals surface area contributed by atoms with Crippen molar-refractivity contribution < 1.29 is 18.7 Å². The van der Waals surface area contributed by atoms with Gasteiger partial charge in [0.25, 0.3) is 0 Å². The summed E-state index contributed by atoms with van der Waals surface area (Å²) < 4.78 is 27.1. The fourth-order valence-electron chi connectivity index (χ4n) is 3.01. The lowest BCUT2D eigenvalue weighted by Crippen LogP contribution is -2.00. The molecule has 9 heteroatoms. The molecule has 0 unspecified atom stereocenters. The second kappa shape index (κ2) is 8.36. The zero-order valence-corrected chi connectivity index (χ0v) is 17.0. The minimum absolute atomic E-state index is 0.556. The number of hydrogen-bond acceptors (Lipinski definition) is 8. The van der Waals surface area contributed by atoms with E-state index in [4.69, 9.17) is 18.7 Å². The van der Waals surface area contributed by atoms with Crippen LogP contribution < -0.4 is 18.9 Å². The van der Waals surface area contributed by atoms with Crippen molar-refractivity contribution in [3.05, 3.63) is 54.4 Å². The minimum atomic E-state index is 0.556. The third-order valence-electron chi connectivity index (χ3n) is 4.35. The summed E-state index contributed by atoms with van der Waals surface area (Å²) in [4.78, 5) is 0.808. The quantitative estimate of drug-likeness (QED) is 0.431. The molecule has 8 nitrogen and oxygen atoms in total. The van der Waals surface area contributed by atoms with Crippen LogP contribution in [-0.2, 0) is 6.54 Å². The van der Waals surface area contributed by atoms with Gasteiger partial charge >= 0.3 is 0 Å². The first-order chi connectivity index (χ1) is 14.2. The highest BCUT2D eigenvalue weighted by molar-refractivity contribution is 8.00. The fraction of sp³-hybridized carbons (Fsp3) is 0.200. The van der Waals surface area contributed by atoms with Crippen LogP contribution in [0.5, 0.6) is 17.2 Å². The summed E-state index contributed by atoms with van der Waals surface area (Å²) in [5, 5.41) is 9.18. The lowest BCUT2D eigenvalue weighted by Gasteiger charge is -2.12. The molecule has 0 bridgehead atoms. The van der Waals surface area contributed by atoms with Crippen LogP contribution >= 0.6 is 11.9 Å². The predicted octanol–water partition coefficient (Wildman–Crippen LogP) is 4.22. The van der Waals surface area contributed by atoms with E-state index >= 15 is 0 Å². The zero-order chi connectivity index (χ0) is 20.2. The van der Waals surface area contributed by atoms with E-state index in [1.54, 1.807) is 27.5 Å². The molecule has 0 amide bonds. The summed E-state index contributed by atoms with van der Waals surface area (Å²) in [5.74, 6) is 2.62. The van der Waals surface area contributed by atoms with Crippen LogP contribution in [0.15, 0.2) is 58.2 Å². The highest BCUT2D eigenvalue weighted by Gasteiger charge is 2.18. The first kappa shape index (κ1) is 19.0. The van der Waals surface area contributed by atoms with Crippen molar-refractivity contribution in [3.8, 4) is 17.2 Å². The summed E-state index contributed by atoms with van der Waals surface area (Å²) in [6.45, 7) is 0.607. The number of ether oxygens (including phenoxy) is 3. The smallest absolute Gasteiger partial charge is 0.191 e. The van der Waals surface area contributed by atoms with Crippen LogP contribution in [-0.4, -0.2) is 36.3 Å². The van der Waals surface area contributed by atoms with Crippen molar-refractivity contribution in [1.82, 2.24) is 14.9 Å². The van der Waals surface area contributed by atoms with Gasteiger partial charge in [-0.25, -0.2) is 0 Å². The summed E-state index contributed by atoms with van der Waals surface area (Å²) in [6, 6.07) is 11.4. The van der Waals surface area contributed by atoms with E-state index in [1.165, 1.54) is 11.9 Å². The SMILES string of the molecule is COc1cccc(OC)c1SNc1noc2cc(Cn3cccn3)cc(OC)c12. The van der Waals surface area contributed by atoms with Gasteiger partial charge in [0.15, 0.2) is 11.4 Å². The van der Waals surface area contributed by atoms with Crippen molar-refractivity contribution >= 4 is 28.7 Å². The number of rotatable bonds is 8. The molecule has 2 aromatic heterocycles. The van der Waals surface area contributed by atoms with Crippen molar-refractivity contribution in [2.45, 2.75) is 11.4 Å². The van der Waals surface area contributed by atoms with Crippen LogP contribution in [0.2, 0.25) is 0 Å². The molecule has 0 spiro atoms. The van der Waals surface area contributed by atoms with Gasteiger partial charge in [0.05, 0.1) is 27.9 Å². The van der Waals surface area contributed by atoms with Gasteiger partial charge in [0.1, 0.15) is 27.5 Å². The molecule has 0 fully saturated rings. The lowest BCUT2D eigenvalue weighted by atomic mass is 10.1. The number of hydrogen-bond donors (Lipinski definition) is 1. The molecule has 150 valence electrons. The highest BCUT2D eigenvalue weighted by Crippen LogP contribution is 2.40. The molecule has 0 aliphatic heterocycles. The molecule has 0 saturated carbocycles. The molecule has 0 aliphatic carbocycles. The molecule has 2 heterocycles. The first-order valence-corrected chi connectivity index (χ1v) is 9.62. The van der Waals surface area contributed by atoms with Gasteiger partial charge in [0.2, 0.25) is 0 Å². The maximum atomic E-state index is 5.60. The third kappa shape index (κ3) is 3.81. The van der Waals surface area contributed by atoms with Gasteiger partial charge in [0, 0.05) is 12.4 Å². The topological polar surface area (TPSA) is 83.6 Å². The monoisotopic (exact) mass is 412 g/mol. The van der Waals surface area contributed by atoms with E-state index in [9.17, 15) is 0 Å². The van der Waals surface area contributed by atoms with Crippen LogP contribution in [0, 0.1) is 0 Å². The van der Waals surface area contributed by atoms with E-state index < -0.39 is 0 Å². The number of nitrogens with zero attached hydrogens (tertiary/aromatic N) is 3. The number of nitrogens with one attached hydrogen (secondary N) is 1. The van der Waals surface area contributed by atoms with Crippen LogP contribution in [0.25, 0.3) is 11.0 Å². The Hall–Kier alpha value is -3.33. The molecule has 0 aliphatic rings. The average Bonchev–Trinajstić information content (AvgIpc) is 3.41. The van der Waals surface area contributed by atoms with Gasteiger partial charge in [-0.05, 0) is 47.8 Å². The van der Waals surface area contributed by atoms with E-state index in [1.807, 2.05) is 47.3 Å². The van der Waals surface area contributed by atoms with E-state index in [-0.39, 0.29) is 0 Å². The number of benzene rings is 2. The molecular formula is C20H20N4O4S. The maximum Gasteiger partial charge on any atom is 0.191 e. The Morgan fingerprint density at radius 2 is 1.79 bits per heavy atom. The molecule has 4 aromatic rings. The van der Waals surface area contributed by atoms with Crippen molar-refractivity contribution in [3.63, 3.8) is 0 Å². The Kier molecular flexibility index (Phi) is 5.48. The van der Waals surface area contributed by atoms with Crippen LogP contribution in [0.1, 0.15) is 5.56 Å². The van der Waals surface area contributed by atoms with Crippen LogP contribution in [0.4, 0.5) is 5.82 Å². The second-order valence-corrected chi connectivity index (χ2v) is 6.92. The summed E-state index contributed by atoms with van der Waals surface area (Å²) in [6.07, 6.45) is 3.65. The highest BCUT2D eigenvalue weighted by atomic mass is 32.2. The van der Waals surface area contributed by atoms with Crippen molar-refractivity contribution in [2.24, 2.45) is 0 Å². The Morgan fingerprint density at radius 1 is 1.03 bits per heavy atom. The second-order valence-electron chi connectivity index (χ2n) is 6.10. The fourth-order valence-corrected chi connectivity index (χ4v) is 3.85. The first-order valence-electron chi connectivity index (χ1n) is 8.81. The third-order valence-corrected chi connectivity index (χ3v) is 5.26. The van der Waals surface area contributed by atoms with Gasteiger partial charge in [-0.2, -0.15) is 5.10 Å². The largest absolute Gasteiger partial charge is 0.496 e. The molecule has 1 N–H and O–H groups in total. The standard InChI is InChI=1S/C20H20N4O4S/c1-25-14-6-4-7-15(26-2)19(14)29-23-20-18-16(27-3)10-13(11-17(18)28-22-20)12-24-9-5-8-21-24/h4-11H,12H2,1-3H3,(H,22,23). The Balaban J connectivity index is 1.64. The van der Waals surface area contributed by atoms with Gasteiger partial charge in [-0.15, -0.1) is 0 Å². The number of aromatic nitrogens is 3. The Morgan fingerprint density at radius 3 is 2.45 bits per heavy atom. The maximum absolute atomic E-state index is 5.60. The number of fused-ring (bicyclic) bond motifs is 1. The minimum Gasteiger partial charge on any atom is -0.496 e. The van der Waals surface area contributed by atoms with E-state index in [0.717, 1.165) is 15.8 Å². The Bertz CT molecular complexity index is 1090. The normalized spacial score (nSPS) is 10.9. The van der Waals surface area contributed by atoms with Gasteiger partial charge in [-0.3, -0.25) is 4.68 Å². The lowest BCUT2D eigenvalue weighted by molar-refractivity contribution is 0.376. The molecule has 2 aromatic carbocycles. The molecule has 0 saturated heterocycles. The molecule has 29 heavy (non-hydrogen) atoms. The summed E-state index contributed by atoms with van der Waals surface area (Å²) in [7, 11) is 4.86. The molecule has 4 rings (SSSR count). The number of anilines is 1. The zero-order valence-electron chi connectivity index (χ0n) is 16.2. The molecule has 0 atom stereocenters. The van der Waals surface area contributed by atoms with E-state index in [0.29, 0.717) is 35.2 Å². The average molecular weight is 412 g/mol. The van der Waals surface area contributed by atoms with Crippen molar-refractivity contribution in [2.75, 3.05) is 26.1 Å². The van der Waals surface area contributed by atoms with Gasteiger partial charge < -0.3 is 23.5 Å². The number of methoxy groups -OCH3 is 3. The molecule has 0 radical (unpaired) electrons. The van der Waals surface area contributed by atoms with Crippen molar-refractivity contribution in [1.29, 1.82) is 0 Å². The molecular weight excluding hydrogens is 392 g/mol. The van der Waals surface area contributed by atoms with E-state index in [2.05, 4.69) is 15.0 Å². The summed E-state index contributed by atoms with van der Waals surface area (Å²) >= 11 is 1.33. The van der Waals surface area contributed by atoms with Crippen LogP contribution in [0.3, 0.4) is 0 Å². The van der Waals surface area contributed by atoms with Gasteiger partial charge in [-0.1, -0.05) is 11.2 Å².